The fraction of sp³-hybridized carbons (Fsp3) is 0.750. The maximum Gasteiger partial charge on any atom is 0.191 e. The van der Waals surface area contributed by atoms with Crippen LogP contribution < -0.4 is 10.6 Å². The molecule has 1 atom stereocenters. The molecule has 0 saturated heterocycles. The van der Waals surface area contributed by atoms with Crippen molar-refractivity contribution < 1.29 is 0 Å². The second kappa shape index (κ2) is 13.1. The Labute approximate surface area is 156 Å². The Morgan fingerprint density at radius 2 is 2.14 bits per heavy atom. The summed E-state index contributed by atoms with van der Waals surface area (Å²) >= 11 is 1.71. The number of rotatable bonds is 9. The molecule has 0 aliphatic heterocycles. The topological polar surface area (TPSA) is 49.3 Å². The summed E-state index contributed by atoms with van der Waals surface area (Å²) in [6.07, 6.45) is 7.39. The van der Waals surface area contributed by atoms with Crippen molar-refractivity contribution in [1.29, 1.82) is 0 Å². The van der Waals surface area contributed by atoms with Crippen LogP contribution in [0.1, 0.15) is 56.7 Å². The maximum atomic E-state index is 4.47. The van der Waals surface area contributed by atoms with Gasteiger partial charge in [0.25, 0.3) is 0 Å². The highest BCUT2D eigenvalue weighted by atomic mass is 127. The Morgan fingerprint density at radius 3 is 2.73 bits per heavy atom. The average Bonchev–Trinajstić information content (AvgIpc) is 2.88. The fourth-order valence-corrected chi connectivity index (χ4v) is 2.86. The van der Waals surface area contributed by atoms with E-state index in [1.54, 1.807) is 11.3 Å². The molecule has 0 radical (unpaired) electrons. The first kappa shape index (κ1) is 21.6. The number of nitrogens with zero attached hydrogens (tertiary/aromatic N) is 2. The molecule has 1 aromatic rings. The zero-order chi connectivity index (χ0) is 15.5. The normalized spacial score (nSPS) is 12.6. The number of hydrogen-bond donors (Lipinski definition) is 2. The lowest BCUT2D eigenvalue weighted by Gasteiger charge is -2.17. The second-order valence-corrected chi connectivity index (χ2v) is 6.56. The Balaban J connectivity index is 0.00000441. The largest absolute Gasteiger partial charge is 0.356 e. The van der Waals surface area contributed by atoms with Gasteiger partial charge in [0.1, 0.15) is 0 Å². The highest BCUT2D eigenvalue weighted by Crippen LogP contribution is 2.08. The van der Waals surface area contributed by atoms with Crippen molar-refractivity contribution in [2.45, 2.75) is 65.3 Å². The van der Waals surface area contributed by atoms with Gasteiger partial charge in [-0.05, 0) is 20.3 Å². The van der Waals surface area contributed by atoms with Gasteiger partial charge in [-0.15, -0.1) is 35.3 Å². The van der Waals surface area contributed by atoms with E-state index >= 15 is 0 Å². The van der Waals surface area contributed by atoms with Crippen LogP contribution in [-0.4, -0.2) is 30.6 Å². The molecular formula is C16H31IN4S. The van der Waals surface area contributed by atoms with Gasteiger partial charge < -0.3 is 10.6 Å². The third-order valence-corrected chi connectivity index (χ3v) is 4.26. The molecule has 0 spiro atoms. The highest BCUT2D eigenvalue weighted by molar-refractivity contribution is 14.0. The lowest BCUT2D eigenvalue weighted by molar-refractivity contribution is 0.537. The third-order valence-electron chi connectivity index (χ3n) is 3.44. The highest BCUT2D eigenvalue weighted by Gasteiger charge is 2.05. The van der Waals surface area contributed by atoms with Gasteiger partial charge >= 0.3 is 0 Å². The minimum atomic E-state index is 0. The van der Waals surface area contributed by atoms with Gasteiger partial charge in [-0.3, -0.25) is 4.99 Å². The van der Waals surface area contributed by atoms with Crippen molar-refractivity contribution in [3.8, 4) is 0 Å². The van der Waals surface area contributed by atoms with Crippen molar-refractivity contribution in [2.75, 3.05) is 13.6 Å². The van der Waals surface area contributed by atoms with Gasteiger partial charge in [-0.1, -0.05) is 32.6 Å². The SMILES string of the molecule is CCCCCCC(C)NC(=NC)NCCc1csc(C)n1.I. The number of aryl methyl sites for hydroxylation is 1. The number of aliphatic imine (C=N–C) groups is 1. The first-order valence-electron chi connectivity index (χ1n) is 8.04. The number of hydrogen-bond acceptors (Lipinski definition) is 3. The summed E-state index contributed by atoms with van der Waals surface area (Å²) in [6.45, 7) is 7.38. The molecule has 0 amide bonds. The van der Waals surface area contributed by atoms with Crippen LogP contribution in [0.4, 0.5) is 0 Å². The van der Waals surface area contributed by atoms with Crippen LogP contribution in [0.2, 0.25) is 0 Å². The van der Waals surface area contributed by atoms with Gasteiger partial charge in [0.05, 0.1) is 10.7 Å². The van der Waals surface area contributed by atoms with Crippen molar-refractivity contribution >= 4 is 41.3 Å². The number of nitrogens with one attached hydrogen (secondary N) is 2. The molecule has 22 heavy (non-hydrogen) atoms. The van der Waals surface area contributed by atoms with Gasteiger partial charge in [0.2, 0.25) is 0 Å². The van der Waals surface area contributed by atoms with E-state index in [1.165, 1.54) is 32.1 Å². The van der Waals surface area contributed by atoms with E-state index in [9.17, 15) is 0 Å². The van der Waals surface area contributed by atoms with Crippen molar-refractivity contribution in [3.05, 3.63) is 16.1 Å². The van der Waals surface area contributed by atoms with Crippen molar-refractivity contribution in [2.24, 2.45) is 4.99 Å². The van der Waals surface area contributed by atoms with Crippen LogP contribution >= 0.6 is 35.3 Å². The zero-order valence-corrected chi connectivity index (χ0v) is 17.5. The predicted octanol–water partition coefficient (Wildman–Crippen LogP) is 4.14. The molecule has 128 valence electrons. The number of aromatic nitrogens is 1. The Morgan fingerprint density at radius 1 is 1.36 bits per heavy atom. The summed E-state index contributed by atoms with van der Waals surface area (Å²) in [5.41, 5.74) is 1.16. The molecule has 1 heterocycles. The minimum Gasteiger partial charge on any atom is -0.356 e. The van der Waals surface area contributed by atoms with E-state index in [2.05, 4.69) is 39.8 Å². The van der Waals surface area contributed by atoms with Crippen LogP contribution in [0, 0.1) is 6.92 Å². The molecular weight excluding hydrogens is 407 g/mol. The number of thiazole rings is 1. The molecule has 0 fully saturated rings. The van der Waals surface area contributed by atoms with E-state index in [0.717, 1.165) is 29.6 Å². The smallest absolute Gasteiger partial charge is 0.191 e. The summed E-state index contributed by atoms with van der Waals surface area (Å²) < 4.78 is 0. The average molecular weight is 438 g/mol. The molecule has 2 N–H and O–H groups in total. The first-order valence-corrected chi connectivity index (χ1v) is 8.91. The fourth-order valence-electron chi connectivity index (χ4n) is 2.21. The number of guanidine groups is 1. The molecule has 1 unspecified atom stereocenters. The van der Waals surface area contributed by atoms with Crippen LogP contribution in [0.15, 0.2) is 10.4 Å². The summed E-state index contributed by atoms with van der Waals surface area (Å²) in [7, 11) is 1.83. The van der Waals surface area contributed by atoms with Gasteiger partial charge in [-0.2, -0.15) is 0 Å². The quantitative estimate of drug-likeness (QED) is 0.264. The van der Waals surface area contributed by atoms with Crippen LogP contribution in [0.5, 0.6) is 0 Å². The predicted molar refractivity (Wildman–Crippen MR) is 109 cm³/mol. The summed E-state index contributed by atoms with van der Waals surface area (Å²) in [6, 6.07) is 0.467. The Hall–Kier alpha value is -0.370. The maximum absolute atomic E-state index is 4.47. The van der Waals surface area contributed by atoms with Crippen LogP contribution in [0.25, 0.3) is 0 Å². The second-order valence-electron chi connectivity index (χ2n) is 5.50. The number of halogens is 1. The first-order chi connectivity index (χ1) is 10.2. The third kappa shape index (κ3) is 9.61. The van der Waals surface area contributed by atoms with Crippen LogP contribution in [0.3, 0.4) is 0 Å². The van der Waals surface area contributed by atoms with Gasteiger partial charge in [-0.25, -0.2) is 4.98 Å². The molecule has 4 nitrogen and oxygen atoms in total. The Kier molecular flexibility index (Phi) is 12.9. The summed E-state index contributed by atoms with van der Waals surface area (Å²) in [5.74, 6) is 0.893. The molecule has 0 aliphatic rings. The molecule has 0 aliphatic carbocycles. The van der Waals surface area contributed by atoms with Crippen molar-refractivity contribution in [3.63, 3.8) is 0 Å². The lowest BCUT2D eigenvalue weighted by Crippen LogP contribution is -2.42. The lowest BCUT2D eigenvalue weighted by atomic mass is 10.1. The Bertz CT molecular complexity index is 420. The monoisotopic (exact) mass is 438 g/mol. The molecule has 1 rings (SSSR count). The molecule has 1 aromatic heterocycles. The summed E-state index contributed by atoms with van der Waals surface area (Å²) in [4.78, 5) is 8.76. The molecule has 0 aromatic carbocycles. The zero-order valence-electron chi connectivity index (χ0n) is 14.3. The molecule has 0 saturated carbocycles. The molecule has 6 heteroatoms. The number of unbranched alkanes of at least 4 members (excludes halogenated alkanes) is 3. The van der Waals surface area contributed by atoms with Gasteiger partial charge in [0.15, 0.2) is 5.96 Å². The van der Waals surface area contributed by atoms with E-state index in [-0.39, 0.29) is 24.0 Å². The van der Waals surface area contributed by atoms with Gasteiger partial charge in [0, 0.05) is 31.4 Å². The van der Waals surface area contributed by atoms with Crippen LogP contribution in [-0.2, 0) is 6.42 Å². The standard InChI is InChI=1S/C16H30N4S.HI/c1-5-6-7-8-9-13(2)19-16(17-4)18-11-10-15-12-21-14(3)20-15;/h12-13H,5-11H2,1-4H3,(H2,17,18,19);1H. The summed E-state index contributed by atoms with van der Waals surface area (Å²) in [5, 5.41) is 10.1. The van der Waals surface area contributed by atoms with E-state index in [0.29, 0.717) is 6.04 Å². The minimum absolute atomic E-state index is 0. The van der Waals surface area contributed by atoms with Crippen molar-refractivity contribution in [1.82, 2.24) is 15.6 Å². The van der Waals surface area contributed by atoms with E-state index < -0.39 is 0 Å². The van der Waals surface area contributed by atoms with E-state index in [1.807, 2.05) is 14.0 Å². The molecule has 0 bridgehead atoms. The van der Waals surface area contributed by atoms with E-state index in [4.69, 9.17) is 0 Å².